The number of aryl methyl sites for hydroxylation is 1. The third kappa shape index (κ3) is 4.18. The van der Waals surface area contributed by atoms with Crippen molar-refractivity contribution in [2.45, 2.75) is 13.3 Å². The van der Waals surface area contributed by atoms with Gasteiger partial charge in [-0.25, -0.2) is 9.97 Å². The zero-order valence-electron chi connectivity index (χ0n) is 16.2. The Morgan fingerprint density at radius 2 is 1.97 bits per heavy atom. The van der Waals surface area contributed by atoms with Gasteiger partial charge in [-0.05, 0) is 42.8 Å². The van der Waals surface area contributed by atoms with Crippen molar-refractivity contribution < 1.29 is 14.7 Å². The predicted molar refractivity (Wildman–Crippen MR) is 117 cm³/mol. The van der Waals surface area contributed by atoms with E-state index in [0.29, 0.717) is 23.6 Å². The minimum Gasteiger partial charge on any atom is -0.508 e. The monoisotopic (exact) mass is 466 g/mol. The highest BCUT2D eigenvalue weighted by Gasteiger charge is 2.35. The predicted octanol–water partition coefficient (Wildman–Crippen LogP) is 3.91. The molecule has 3 aromatic rings. The Bertz CT molecular complexity index is 1120. The number of phenols is 1. The number of nitrogens with zero attached hydrogens (tertiary/aromatic N) is 3. The lowest BCUT2D eigenvalue weighted by molar-refractivity contribution is -0.122. The van der Waals surface area contributed by atoms with Crippen LogP contribution in [0.1, 0.15) is 12.0 Å². The van der Waals surface area contributed by atoms with Gasteiger partial charge < -0.3 is 15.3 Å². The fraction of sp³-hybridized carbons (Fsp3) is 0.182. The Morgan fingerprint density at radius 3 is 2.67 bits per heavy atom. The number of nitrogens with one attached hydrogen (secondary N) is 1. The van der Waals surface area contributed by atoms with Gasteiger partial charge in [-0.2, -0.15) is 0 Å². The van der Waals surface area contributed by atoms with Gasteiger partial charge in [-0.3, -0.25) is 9.59 Å². The van der Waals surface area contributed by atoms with Crippen molar-refractivity contribution in [3.8, 4) is 17.1 Å². The van der Waals surface area contributed by atoms with Crippen LogP contribution < -0.4 is 10.2 Å². The average Bonchev–Trinajstić information content (AvgIpc) is 3.12. The summed E-state index contributed by atoms with van der Waals surface area (Å²) in [5.74, 6) is -0.199. The molecule has 2 N–H and O–H groups in total. The van der Waals surface area contributed by atoms with Gasteiger partial charge in [0.1, 0.15) is 5.75 Å². The zero-order chi connectivity index (χ0) is 21.3. The number of amides is 2. The van der Waals surface area contributed by atoms with Crippen LogP contribution in [0.3, 0.4) is 0 Å². The first kappa shape index (κ1) is 20.0. The Hall–Kier alpha value is -3.26. The smallest absolute Gasteiger partial charge is 0.229 e. The van der Waals surface area contributed by atoms with Gasteiger partial charge in [0.25, 0.3) is 0 Å². The van der Waals surface area contributed by atoms with Crippen LogP contribution in [-0.4, -0.2) is 33.4 Å². The van der Waals surface area contributed by atoms with Gasteiger partial charge in [0.15, 0.2) is 5.82 Å². The van der Waals surface area contributed by atoms with Crippen LogP contribution >= 0.6 is 15.9 Å². The lowest BCUT2D eigenvalue weighted by Gasteiger charge is -2.17. The van der Waals surface area contributed by atoms with Crippen molar-refractivity contribution in [1.82, 2.24) is 9.97 Å². The van der Waals surface area contributed by atoms with Crippen molar-refractivity contribution in [3.63, 3.8) is 0 Å². The second-order valence-electron chi connectivity index (χ2n) is 7.17. The second kappa shape index (κ2) is 8.23. The minimum absolute atomic E-state index is 0.0765. The lowest BCUT2D eigenvalue weighted by Crippen LogP contribution is -2.28. The molecule has 7 nitrogen and oxygen atoms in total. The first-order valence-corrected chi connectivity index (χ1v) is 10.2. The van der Waals surface area contributed by atoms with Gasteiger partial charge in [0.2, 0.25) is 11.8 Å². The number of carbonyl (C=O) groups is 2. The maximum absolute atomic E-state index is 12.7. The molecule has 1 aromatic heterocycles. The third-order valence-electron chi connectivity index (χ3n) is 4.97. The average molecular weight is 467 g/mol. The molecule has 152 valence electrons. The molecule has 1 fully saturated rings. The van der Waals surface area contributed by atoms with Crippen LogP contribution in [0.25, 0.3) is 11.4 Å². The Labute approximate surface area is 181 Å². The topological polar surface area (TPSA) is 95.4 Å². The van der Waals surface area contributed by atoms with Crippen molar-refractivity contribution in [1.29, 1.82) is 0 Å². The zero-order valence-corrected chi connectivity index (χ0v) is 17.8. The summed E-state index contributed by atoms with van der Waals surface area (Å²) in [6.07, 6.45) is 3.18. The number of hydrogen-bond donors (Lipinski definition) is 2. The molecule has 2 aromatic carbocycles. The molecule has 1 unspecified atom stereocenters. The number of hydrogen-bond acceptors (Lipinski definition) is 5. The highest BCUT2D eigenvalue weighted by atomic mass is 79.9. The summed E-state index contributed by atoms with van der Waals surface area (Å²) in [5, 5.41) is 12.4. The maximum atomic E-state index is 12.7. The molecule has 0 aliphatic carbocycles. The van der Waals surface area contributed by atoms with Gasteiger partial charge in [0.05, 0.1) is 24.0 Å². The highest BCUT2D eigenvalue weighted by molar-refractivity contribution is 9.10. The van der Waals surface area contributed by atoms with E-state index in [1.807, 2.05) is 25.1 Å². The van der Waals surface area contributed by atoms with Crippen LogP contribution in [0.15, 0.2) is 59.3 Å². The normalized spacial score (nSPS) is 16.0. The molecule has 0 radical (unpaired) electrons. The number of carbonyl (C=O) groups excluding carboxylic acids is 2. The number of halogens is 1. The molecule has 4 rings (SSSR count). The van der Waals surface area contributed by atoms with Crippen LogP contribution in [0.4, 0.5) is 11.4 Å². The van der Waals surface area contributed by atoms with E-state index in [1.54, 1.807) is 29.2 Å². The molecule has 1 atom stereocenters. The SMILES string of the molecule is Cc1cc(N2CC(C(=O)Nc3cnc(-c4cccc(O)c4)nc3)CC2=O)ccc1Br. The molecule has 8 heteroatoms. The number of benzene rings is 2. The van der Waals surface area contributed by atoms with Crippen molar-refractivity contribution >= 4 is 39.1 Å². The Balaban J connectivity index is 1.43. The Kier molecular flexibility index (Phi) is 5.50. The van der Waals surface area contributed by atoms with E-state index in [0.717, 1.165) is 15.7 Å². The van der Waals surface area contributed by atoms with Crippen LogP contribution in [0.2, 0.25) is 0 Å². The largest absolute Gasteiger partial charge is 0.508 e. The number of aromatic hydroxyl groups is 1. The van der Waals surface area contributed by atoms with Gasteiger partial charge in [-0.15, -0.1) is 0 Å². The van der Waals surface area contributed by atoms with E-state index in [1.165, 1.54) is 12.4 Å². The van der Waals surface area contributed by atoms with Crippen molar-refractivity contribution in [2.75, 3.05) is 16.8 Å². The van der Waals surface area contributed by atoms with Crippen molar-refractivity contribution in [2.24, 2.45) is 5.92 Å². The maximum Gasteiger partial charge on any atom is 0.229 e. The van der Waals surface area contributed by atoms with Gasteiger partial charge in [-0.1, -0.05) is 28.1 Å². The molecule has 0 spiro atoms. The molecule has 30 heavy (non-hydrogen) atoms. The van der Waals surface area contributed by atoms with E-state index >= 15 is 0 Å². The fourth-order valence-corrected chi connectivity index (χ4v) is 3.61. The second-order valence-corrected chi connectivity index (χ2v) is 8.03. The van der Waals surface area contributed by atoms with Crippen LogP contribution in [0, 0.1) is 12.8 Å². The van der Waals surface area contributed by atoms with E-state index in [2.05, 4.69) is 31.2 Å². The van der Waals surface area contributed by atoms with Crippen LogP contribution in [-0.2, 0) is 9.59 Å². The van der Waals surface area contributed by atoms with Gasteiger partial charge >= 0.3 is 0 Å². The van der Waals surface area contributed by atoms with E-state index in [9.17, 15) is 14.7 Å². The summed E-state index contributed by atoms with van der Waals surface area (Å²) in [7, 11) is 0. The molecule has 1 saturated heterocycles. The first-order valence-electron chi connectivity index (χ1n) is 9.39. The molecular formula is C22H19BrN4O3. The highest BCUT2D eigenvalue weighted by Crippen LogP contribution is 2.29. The Morgan fingerprint density at radius 1 is 1.20 bits per heavy atom. The first-order chi connectivity index (χ1) is 14.4. The molecule has 0 saturated carbocycles. The summed E-state index contributed by atoms with van der Waals surface area (Å²) >= 11 is 3.46. The third-order valence-corrected chi connectivity index (χ3v) is 5.86. The number of anilines is 2. The molecular weight excluding hydrogens is 448 g/mol. The fourth-order valence-electron chi connectivity index (χ4n) is 3.36. The number of rotatable bonds is 4. The molecule has 1 aliphatic rings. The molecule has 2 amide bonds. The molecule has 0 bridgehead atoms. The standard InChI is InChI=1S/C22H19BrN4O3/c1-13-7-17(5-6-19(13)23)27-12-15(9-20(27)29)22(30)26-16-10-24-21(25-11-16)14-3-2-4-18(28)8-14/h2-8,10-11,15,28H,9,12H2,1H3,(H,26,30). The van der Waals surface area contributed by atoms with Gasteiger partial charge in [0, 0.05) is 28.7 Å². The summed E-state index contributed by atoms with van der Waals surface area (Å²) < 4.78 is 0.973. The van der Waals surface area contributed by atoms with E-state index < -0.39 is 5.92 Å². The molecule has 2 heterocycles. The quantitative estimate of drug-likeness (QED) is 0.607. The summed E-state index contributed by atoms with van der Waals surface area (Å²) in [5.41, 5.74) is 2.94. The van der Waals surface area contributed by atoms with E-state index in [4.69, 9.17) is 0 Å². The number of aromatic nitrogens is 2. The summed E-state index contributed by atoms with van der Waals surface area (Å²) in [4.78, 5) is 35.3. The van der Waals surface area contributed by atoms with E-state index in [-0.39, 0.29) is 24.0 Å². The van der Waals surface area contributed by atoms with Crippen LogP contribution in [0.5, 0.6) is 5.75 Å². The van der Waals surface area contributed by atoms with Crippen molar-refractivity contribution in [3.05, 3.63) is 64.9 Å². The minimum atomic E-state index is -0.452. The summed E-state index contributed by atoms with van der Waals surface area (Å²) in [6.45, 7) is 2.28. The number of phenolic OH excluding ortho intramolecular Hbond substituents is 1. The molecule has 1 aliphatic heterocycles. The summed E-state index contributed by atoms with van der Waals surface area (Å²) in [6, 6.07) is 12.3. The lowest BCUT2D eigenvalue weighted by atomic mass is 10.1.